The molecule has 1 atom stereocenters. The van der Waals surface area contributed by atoms with Crippen LogP contribution in [-0.2, 0) is 4.79 Å². The summed E-state index contributed by atoms with van der Waals surface area (Å²) in [6, 6.07) is 17.1. The van der Waals surface area contributed by atoms with E-state index in [0.717, 1.165) is 0 Å². The molecule has 4 aromatic rings. The van der Waals surface area contributed by atoms with Crippen molar-refractivity contribution >= 4 is 44.5 Å². The van der Waals surface area contributed by atoms with Gasteiger partial charge in [0.25, 0.3) is 5.91 Å². The Labute approximate surface area is 185 Å². The predicted molar refractivity (Wildman–Crippen MR) is 119 cm³/mol. The fourth-order valence-electron chi connectivity index (χ4n) is 2.97. The second kappa shape index (κ2) is 8.69. The molecule has 2 N–H and O–H groups in total. The van der Waals surface area contributed by atoms with Gasteiger partial charge in [0, 0.05) is 15.7 Å². The lowest BCUT2D eigenvalue weighted by Gasteiger charge is -2.14. The highest BCUT2D eigenvalue weighted by atomic mass is 79.9. The minimum atomic E-state index is -0.750. The van der Waals surface area contributed by atoms with Crippen molar-refractivity contribution in [1.29, 1.82) is 0 Å². The Kier molecular flexibility index (Phi) is 5.81. The Morgan fingerprint density at radius 2 is 1.84 bits per heavy atom. The number of hydrogen-bond acceptors (Lipinski definition) is 4. The van der Waals surface area contributed by atoms with Gasteiger partial charge in [0.1, 0.15) is 17.4 Å². The molecule has 3 aromatic carbocycles. The number of carbonyl (C=O) groups excluding carboxylic acids is 2. The van der Waals surface area contributed by atoms with Crippen molar-refractivity contribution in [3.63, 3.8) is 0 Å². The van der Waals surface area contributed by atoms with Crippen LogP contribution in [0.1, 0.15) is 17.3 Å². The van der Waals surface area contributed by atoms with E-state index in [-0.39, 0.29) is 17.7 Å². The lowest BCUT2D eigenvalue weighted by molar-refractivity contribution is -0.117. The third kappa shape index (κ3) is 4.64. The molecule has 2 amide bonds. The summed E-state index contributed by atoms with van der Waals surface area (Å²) in [4.78, 5) is 29.1. The maximum absolute atomic E-state index is 13.6. The number of hydrogen-bond donors (Lipinski definition) is 2. The molecular formula is C23H17BrFN3O3. The summed E-state index contributed by atoms with van der Waals surface area (Å²) in [6.45, 7) is 1.60. The highest BCUT2D eigenvalue weighted by Crippen LogP contribution is 2.31. The second-order valence-electron chi connectivity index (χ2n) is 6.88. The van der Waals surface area contributed by atoms with Crippen molar-refractivity contribution in [1.82, 2.24) is 10.3 Å². The maximum atomic E-state index is 13.6. The quantitative estimate of drug-likeness (QED) is 0.412. The number of anilines is 1. The van der Waals surface area contributed by atoms with E-state index >= 15 is 0 Å². The first-order valence-corrected chi connectivity index (χ1v) is 10.2. The van der Waals surface area contributed by atoms with Crippen molar-refractivity contribution in [3.05, 3.63) is 82.6 Å². The van der Waals surface area contributed by atoms with Crippen molar-refractivity contribution in [2.45, 2.75) is 13.0 Å². The molecule has 1 unspecified atom stereocenters. The van der Waals surface area contributed by atoms with E-state index in [1.165, 1.54) is 12.1 Å². The van der Waals surface area contributed by atoms with E-state index in [9.17, 15) is 14.0 Å². The van der Waals surface area contributed by atoms with Gasteiger partial charge in [-0.3, -0.25) is 9.59 Å². The van der Waals surface area contributed by atoms with Gasteiger partial charge in [0.15, 0.2) is 5.58 Å². The zero-order valence-electron chi connectivity index (χ0n) is 16.4. The van der Waals surface area contributed by atoms with Gasteiger partial charge >= 0.3 is 0 Å². The summed E-state index contributed by atoms with van der Waals surface area (Å²) in [5, 5.41) is 5.42. The molecule has 0 spiro atoms. The van der Waals surface area contributed by atoms with E-state index < -0.39 is 11.9 Å². The van der Waals surface area contributed by atoms with Crippen LogP contribution in [0.3, 0.4) is 0 Å². The van der Waals surface area contributed by atoms with Crippen LogP contribution in [0, 0.1) is 5.82 Å². The van der Waals surface area contributed by atoms with Gasteiger partial charge < -0.3 is 15.1 Å². The number of halogens is 2. The Morgan fingerprint density at radius 1 is 1.06 bits per heavy atom. The minimum absolute atomic E-state index is 0.258. The monoisotopic (exact) mass is 481 g/mol. The first-order chi connectivity index (χ1) is 14.9. The van der Waals surface area contributed by atoms with Gasteiger partial charge in [0.2, 0.25) is 11.8 Å². The van der Waals surface area contributed by atoms with Gasteiger partial charge in [-0.25, -0.2) is 9.37 Å². The SMILES string of the molecule is CC(NC(=O)c1ccccc1)C(=O)Nc1ccc2oc(-c3cc(F)ccc3Br)nc2c1. The van der Waals surface area contributed by atoms with E-state index in [1.54, 1.807) is 55.5 Å². The molecule has 0 aliphatic carbocycles. The smallest absolute Gasteiger partial charge is 0.251 e. The molecule has 0 saturated carbocycles. The number of benzene rings is 3. The zero-order valence-corrected chi connectivity index (χ0v) is 17.9. The van der Waals surface area contributed by atoms with Gasteiger partial charge in [-0.1, -0.05) is 18.2 Å². The highest BCUT2D eigenvalue weighted by molar-refractivity contribution is 9.10. The van der Waals surface area contributed by atoms with Crippen molar-refractivity contribution in [3.8, 4) is 11.5 Å². The van der Waals surface area contributed by atoms with Crippen molar-refractivity contribution in [2.24, 2.45) is 0 Å². The fourth-order valence-corrected chi connectivity index (χ4v) is 3.38. The first kappa shape index (κ1) is 20.7. The molecule has 0 bridgehead atoms. The van der Waals surface area contributed by atoms with E-state index in [1.807, 2.05) is 6.07 Å². The maximum Gasteiger partial charge on any atom is 0.251 e. The predicted octanol–water partition coefficient (Wildman–Crippen LogP) is 5.15. The topological polar surface area (TPSA) is 84.2 Å². The molecule has 0 aliphatic rings. The van der Waals surface area contributed by atoms with Crippen LogP contribution in [0.5, 0.6) is 0 Å². The number of oxazole rings is 1. The Hall–Kier alpha value is -3.52. The fraction of sp³-hybridized carbons (Fsp3) is 0.0870. The molecule has 156 valence electrons. The summed E-state index contributed by atoms with van der Waals surface area (Å²) in [5.74, 6) is -0.853. The van der Waals surface area contributed by atoms with E-state index in [4.69, 9.17) is 4.42 Å². The molecule has 1 heterocycles. The number of carbonyl (C=O) groups is 2. The summed E-state index contributed by atoms with van der Waals surface area (Å²) in [5.41, 5.74) is 2.46. The number of aromatic nitrogens is 1. The van der Waals surface area contributed by atoms with Gasteiger partial charge in [0.05, 0.1) is 5.56 Å². The molecule has 6 nitrogen and oxygen atoms in total. The molecule has 0 saturated heterocycles. The van der Waals surface area contributed by atoms with Crippen LogP contribution in [0.4, 0.5) is 10.1 Å². The molecule has 4 rings (SSSR count). The standard InChI is InChI=1S/C23H17BrFN3O3/c1-13(26-22(30)14-5-3-2-4-6-14)21(29)27-16-8-10-20-19(12-16)28-23(31-20)17-11-15(25)7-9-18(17)24/h2-13H,1H3,(H,26,30)(H,27,29). The molecule has 31 heavy (non-hydrogen) atoms. The number of nitrogens with one attached hydrogen (secondary N) is 2. The van der Waals surface area contributed by atoms with Crippen LogP contribution < -0.4 is 10.6 Å². The summed E-state index contributed by atoms with van der Waals surface area (Å²) in [7, 11) is 0. The number of nitrogens with zero attached hydrogens (tertiary/aromatic N) is 1. The minimum Gasteiger partial charge on any atom is -0.436 e. The number of rotatable bonds is 5. The Morgan fingerprint density at radius 3 is 2.61 bits per heavy atom. The van der Waals surface area contributed by atoms with Gasteiger partial charge in [-0.05, 0) is 71.4 Å². The lowest BCUT2D eigenvalue weighted by atomic mass is 10.2. The van der Waals surface area contributed by atoms with Crippen LogP contribution in [0.15, 0.2) is 75.6 Å². The molecular weight excluding hydrogens is 465 g/mol. The number of fused-ring (bicyclic) bond motifs is 1. The van der Waals surface area contributed by atoms with Crippen LogP contribution in [0.2, 0.25) is 0 Å². The highest BCUT2D eigenvalue weighted by Gasteiger charge is 2.18. The average molecular weight is 482 g/mol. The third-order valence-electron chi connectivity index (χ3n) is 4.59. The average Bonchev–Trinajstić information content (AvgIpc) is 3.19. The van der Waals surface area contributed by atoms with Crippen LogP contribution >= 0.6 is 15.9 Å². The lowest BCUT2D eigenvalue weighted by Crippen LogP contribution is -2.41. The van der Waals surface area contributed by atoms with Crippen LogP contribution in [-0.4, -0.2) is 22.8 Å². The molecule has 1 aromatic heterocycles. The molecule has 0 aliphatic heterocycles. The van der Waals surface area contributed by atoms with Gasteiger partial charge in [-0.15, -0.1) is 0 Å². The summed E-state index contributed by atoms with van der Waals surface area (Å²) >= 11 is 3.37. The van der Waals surface area contributed by atoms with Crippen LogP contribution in [0.25, 0.3) is 22.6 Å². The molecule has 8 heteroatoms. The molecule has 0 fully saturated rings. The Balaban J connectivity index is 1.49. The van der Waals surface area contributed by atoms with E-state index in [2.05, 4.69) is 31.5 Å². The van der Waals surface area contributed by atoms with Crippen molar-refractivity contribution < 1.29 is 18.4 Å². The Bertz CT molecular complexity index is 1270. The summed E-state index contributed by atoms with van der Waals surface area (Å²) in [6.07, 6.45) is 0. The largest absolute Gasteiger partial charge is 0.436 e. The first-order valence-electron chi connectivity index (χ1n) is 9.43. The normalized spacial score (nSPS) is 11.8. The van der Waals surface area contributed by atoms with Crippen molar-refractivity contribution in [2.75, 3.05) is 5.32 Å². The summed E-state index contributed by atoms with van der Waals surface area (Å²) < 4.78 is 20.0. The third-order valence-corrected chi connectivity index (χ3v) is 5.28. The van der Waals surface area contributed by atoms with Gasteiger partial charge in [-0.2, -0.15) is 0 Å². The zero-order chi connectivity index (χ0) is 22.0. The van der Waals surface area contributed by atoms with E-state index in [0.29, 0.717) is 32.4 Å². The number of amides is 2. The molecule has 0 radical (unpaired) electrons. The second-order valence-corrected chi connectivity index (χ2v) is 7.73.